The molecule has 0 bridgehead atoms. The molecule has 0 spiro atoms. The molecule has 0 aliphatic carbocycles. The summed E-state index contributed by atoms with van der Waals surface area (Å²) in [6.45, 7) is 3.88. The summed E-state index contributed by atoms with van der Waals surface area (Å²) in [5, 5.41) is 7.68. The first kappa shape index (κ1) is 10.6. The topological polar surface area (TPSA) is 39.1 Å². The highest BCUT2D eigenvalue weighted by atomic mass is 16.5. The predicted molar refractivity (Wildman–Crippen MR) is 58.8 cm³/mol. The van der Waals surface area contributed by atoms with E-state index in [9.17, 15) is 0 Å². The van der Waals surface area contributed by atoms with Crippen LogP contribution in [-0.4, -0.2) is 30.0 Å². The van der Waals surface area contributed by atoms with Crippen molar-refractivity contribution in [2.75, 3.05) is 20.3 Å². The molecule has 1 saturated heterocycles. The lowest BCUT2D eigenvalue weighted by Gasteiger charge is -2.25. The van der Waals surface area contributed by atoms with Gasteiger partial charge in [0.1, 0.15) is 0 Å². The van der Waals surface area contributed by atoms with Crippen LogP contribution < -0.4 is 5.32 Å². The van der Waals surface area contributed by atoms with E-state index in [1.807, 2.05) is 13.2 Å². The predicted octanol–water partition coefficient (Wildman–Crippen LogP) is 1.51. The van der Waals surface area contributed by atoms with Crippen molar-refractivity contribution in [2.45, 2.75) is 31.8 Å². The molecule has 2 heterocycles. The van der Waals surface area contributed by atoms with E-state index < -0.39 is 0 Å². The molecule has 1 aromatic heterocycles. The number of ether oxygens (including phenoxy) is 1. The largest absolute Gasteiger partial charge is 0.381 e. The van der Waals surface area contributed by atoms with Crippen LogP contribution in [0.5, 0.6) is 0 Å². The monoisotopic (exact) mass is 209 g/mol. The molecule has 1 aliphatic heterocycles. The quantitative estimate of drug-likeness (QED) is 0.820. The number of hydrogen-bond donors (Lipinski definition) is 1. The lowest BCUT2D eigenvalue weighted by atomic mass is 10.1. The van der Waals surface area contributed by atoms with Gasteiger partial charge in [-0.1, -0.05) is 0 Å². The molecule has 0 aromatic carbocycles. The lowest BCUT2D eigenvalue weighted by Crippen LogP contribution is -2.25. The second-order valence-corrected chi connectivity index (χ2v) is 4.05. The van der Waals surface area contributed by atoms with Crippen molar-refractivity contribution in [2.24, 2.45) is 0 Å². The van der Waals surface area contributed by atoms with E-state index in [4.69, 9.17) is 4.74 Å². The molecule has 1 atom stereocenters. The van der Waals surface area contributed by atoms with Gasteiger partial charge < -0.3 is 10.1 Å². The molecule has 2 rings (SSSR count). The first-order valence-corrected chi connectivity index (χ1v) is 5.61. The fraction of sp³-hybridized carbons (Fsp3) is 0.727. The molecule has 1 unspecified atom stereocenters. The Morgan fingerprint density at radius 1 is 1.53 bits per heavy atom. The molecule has 15 heavy (non-hydrogen) atoms. The summed E-state index contributed by atoms with van der Waals surface area (Å²) >= 11 is 0. The first-order chi connectivity index (χ1) is 7.33. The Bertz CT molecular complexity index is 305. The molecule has 4 nitrogen and oxygen atoms in total. The summed E-state index contributed by atoms with van der Waals surface area (Å²) in [6, 6.07) is 2.96. The smallest absolute Gasteiger partial charge is 0.0566 e. The summed E-state index contributed by atoms with van der Waals surface area (Å²) in [7, 11) is 1.98. The van der Waals surface area contributed by atoms with E-state index >= 15 is 0 Å². The minimum atomic E-state index is 0.357. The second kappa shape index (κ2) is 4.77. The van der Waals surface area contributed by atoms with Gasteiger partial charge >= 0.3 is 0 Å². The zero-order chi connectivity index (χ0) is 10.7. The minimum absolute atomic E-state index is 0.357. The number of hydrogen-bond acceptors (Lipinski definition) is 3. The summed E-state index contributed by atoms with van der Waals surface area (Å²) in [5.41, 5.74) is 1.27. The summed E-state index contributed by atoms with van der Waals surface area (Å²) < 4.78 is 7.52. The van der Waals surface area contributed by atoms with Gasteiger partial charge in [-0.25, -0.2) is 0 Å². The lowest BCUT2D eigenvalue weighted by molar-refractivity contribution is 0.0650. The molecule has 0 radical (unpaired) electrons. The van der Waals surface area contributed by atoms with Crippen LogP contribution in [0.25, 0.3) is 0 Å². The first-order valence-electron chi connectivity index (χ1n) is 5.61. The average molecular weight is 209 g/mol. The van der Waals surface area contributed by atoms with Crippen molar-refractivity contribution in [3.63, 3.8) is 0 Å². The standard InChI is InChI=1S/C11H19N3O/c1-9(12-2)11-3-6-13-14(11)10-4-7-15-8-5-10/h3,6,9-10,12H,4-5,7-8H2,1-2H3. The maximum atomic E-state index is 5.37. The molecule has 1 aromatic rings. The van der Waals surface area contributed by atoms with Gasteiger partial charge in [0.25, 0.3) is 0 Å². The normalized spacial score (nSPS) is 20.4. The average Bonchev–Trinajstić information content (AvgIpc) is 2.78. The van der Waals surface area contributed by atoms with Crippen LogP contribution in [0.2, 0.25) is 0 Å². The van der Waals surface area contributed by atoms with Gasteiger partial charge in [-0.3, -0.25) is 4.68 Å². The van der Waals surface area contributed by atoms with Crippen molar-refractivity contribution in [3.05, 3.63) is 18.0 Å². The van der Waals surface area contributed by atoms with Crippen molar-refractivity contribution in [1.29, 1.82) is 0 Å². The Labute approximate surface area is 90.6 Å². The fourth-order valence-electron chi connectivity index (χ4n) is 2.05. The third kappa shape index (κ3) is 2.21. The number of rotatable bonds is 3. The van der Waals surface area contributed by atoms with E-state index in [1.54, 1.807) is 0 Å². The molecule has 1 fully saturated rings. The van der Waals surface area contributed by atoms with Crippen LogP contribution in [0.15, 0.2) is 12.3 Å². The van der Waals surface area contributed by atoms with Crippen molar-refractivity contribution in [3.8, 4) is 0 Å². The van der Waals surface area contributed by atoms with Crippen molar-refractivity contribution >= 4 is 0 Å². The van der Waals surface area contributed by atoms with Crippen LogP contribution in [0.3, 0.4) is 0 Å². The molecular weight excluding hydrogens is 190 g/mol. The Morgan fingerprint density at radius 3 is 2.93 bits per heavy atom. The number of aromatic nitrogens is 2. The van der Waals surface area contributed by atoms with Gasteiger partial charge in [0.15, 0.2) is 0 Å². The number of nitrogens with zero attached hydrogens (tertiary/aromatic N) is 2. The molecular formula is C11H19N3O. The van der Waals surface area contributed by atoms with E-state index in [2.05, 4.69) is 28.1 Å². The Hall–Kier alpha value is -0.870. The van der Waals surface area contributed by atoms with E-state index in [0.29, 0.717) is 12.1 Å². The fourth-order valence-corrected chi connectivity index (χ4v) is 2.05. The zero-order valence-corrected chi connectivity index (χ0v) is 9.44. The van der Waals surface area contributed by atoms with Crippen molar-refractivity contribution in [1.82, 2.24) is 15.1 Å². The third-order valence-electron chi connectivity index (χ3n) is 3.11. The molecule has 0 saturated carbocycles. The van der Waals surface area contributed by atoms with Crippen LogP contribution in [-0.2, 0) is 4.74 Å². The SMILES string of the molecule is CNC(C)c1ccnn1C1CCOCC1. The van der Waals surface area contributed by atoms with Crippen LogP contribution in [0.4, 0.5) is 0 Å². The highest BCUT2D eigenvalue weighted by Gasteiger charge is 2.20. The third-order valence-corrected chi connectivity index (χ3v) is 3.11. The maximum Gasteiger partial charge on any atom is 0.0566 e. The highest BCUT2D eigenvalue weighted by Crippen LogP contribution is 2.24. The number of nitrogens with one attached hydrogen (secondary N) is 1. The van der Waals surface area contributed by atoms with Gasteiger partial charge in [0, 0.05) is 25.5 Å². The Kier molecular flexibility index (Phi) is 3.38. The van der Waals surface area contributed by atoms with E-state index in [-0.39, 0.29) is 0 Å². The van der Waals surface area contributed by atoms with Crippen molar-refractivity contribution < 1.29 is 4.74 Å². The van der Waals surface area contributed by atoms with Crippen LogP contribution in [0, 0.1) is 0 Å². The van der Waals surface area contributed by atoms with Gasteiger partial charge in [-0.2, -0.15) is 5.10 Å². The summed E-state index contributed by atoms with van der Waals surface area (Å²) in [4.78, 5) is 0. The minimum Gasteiger partial charge on any atom is -0.381 e. The molecule has 4 heteroatoms. The van der Waals surface area contributed by atoms with Gasteiger partial charge in [-0.05, 0) is 32.9 Å². The highest BCUT2D eigenvalue weighted by molar-refractivity contribution is 5.07. The molecule has 1 N–H and O–H groups in total. The van der Waals surface area contributed by atoms with E-state index in [0.717, 1.165) is 26.1 Å². The zero-order valence-electron chi connectivity index (χ0n) is 9.44. The van der Waals surface area contributed by atoms with Gasteiger partial charge in [0.05, 0.1) is 11.7 Å². The van der Waals surface area contributed by atoms with Crippen LogP contribution >= 0.6 is 0 Å². The molecule has 1 aliphatic rings. The summed E-state index contributed by atoms with van der Waals surface area (Å²) in [6.07, 6.45) is 4.04. The summed E-state index contributed by atoms with van der Waals surface area (Å²) in [5.74, 6) is 0. The van der Waals surface area contributed by atoms with Crippen LogP contribution in [0.1, 0.15) is 37.5 Å². The Morgan fingerprint density at radius 2 is 2.27 bits per heavy atom. The molecule has 0 amide bonds. The Balaban J connectivity index is 2.15. The van der Waals surface area contributed by atoms with E-state index in [1.165, 1.54) is 5.69 Å². The van der Waals surface area contributed by atoms with Gasteiger partial charge in [-0.15, -0.1) is 0 Å². The maximum absolute atomic E-state index is 5.37. The van der Waals surface area contributed by atoms with Gasteiger partial charge in [0.2, 0.25) is 0 Å². The molecule has 84 valence electrons. The second-order valence-electron chi connectivity index (χ2n) is 4.05.